The SMILES string of the molecule is CCCNCC(C)(O)CCc1ccccc1. The van der Waals surface area contributed by atoms with Crippen molar-refractivity contribution in [2.24, 2.45) is 0 Å². The standard InChI is InChI=1S/C14H23NO/c1-3-11-15-12-14(2,16)10-9-13-7-5-4-6-8-13/h4-8,15-16H,3,9-12H2,1-2H3. The lowest BCUT2D eigenvalue weighted by molar-refractivity contribution is 0.0513. The molecule has 0 aromatic heterocycles. The highest BCUT2D eigenvalue weighted by molar-refractivity contribution is 5.15. The molecule has 2 nitrogen and oxygen atoms in total. The van der Waals surface area contributed by atoms with Crippen molar-refractivity contribution in [2.75, 3.05) is 13.1 Å². The summed E-state index contributed by atoms with van der Waals surface area (Å²) in [4.78, 5) is 0. The third-order valence-electron chi connectivity index (χ3n) is 2.73. The first kappa shape index (κ1) is 13.2. The third-order valence-corrected chi connectivity index (χ3v) is 2.73. The Morgan fingerprint density at radius 2 is 1.94 bits per heavy atom. The lowest BCUT2D eigenvalue weighted by Crippen LogP contribution is -2.38. The molecule has 0 fully saturated rings. The summed E-state index contributed by atoms with van der Waals surface area (Å²) in [6, 6.07) is 10.3. The van der Waals surface area contributed by atoms with E-state index in [1.807, 2.05) is 25.1 Å². The summed E-state index contributed by atoms with van der Waals surface area (Å²) in [7, 11) is 0. The van der Waals surface area contributed by atoms with Crippen LogP contribution in [0.2, 0.25) is 0 Å². The second-order valence-corrected chi connectivity index (χ2v) is 4.66. The molecule has 1 unspecified atom stereocenters. The molecule has 0 aliphatic carbocycles. The van der Waals surface area contributed by atoms with Crippen LogP contribution in [0.1, 0.15) is 32.3 Å². The number of aliphatic hydroxyl groups is 1. The van der Waals surface area contributed by atoms with Gasteiger partial charge < -0.3 is 10.4 Å². The van der Waals surface area contributed by atoms with Gasteiger partial charge in [0.05, 0.1) is 5.60 Å². The van der Waals surface area contributed by atoms with Crippen molar-refractivity contribution in [3.8, 4) is 0 Å². The van der Waals surface area contributed by atoms with E-state index in [-0.39, 0.29) is 0 Å². The van der Waals surface area contributed by atoms with Crippen LogP contribution in [0.4, 0.5) is 0 Å². The molecule has 0 bridgehead atoms. The normalized spacial score (nSPS) is 14.7. The average molecular weight is 221 g/mol. The summed E-state index contributed by atoms with van der Waals surface area (Å²) in [6.07, 6.45) is 2.84. The van der Waals surface area contributed by atoms with Gasteiger partial charge in [-0.15, -0.1) is 0 Å². The predicted molar refractivity (Wildman–Crippen MR) is 68.5 cm³/mol. The Labute approximate surface area is 98.7 Å². The van der Waals surface area contributed by atoms with Crippen molar-refractivity contribution in [2.45, 2.75) is 38.7 Å². The molecule has 0 amide bonds. The van der Waals surface area contributed by atoms with Crippen LogP contribution in [0.5, 0.6) is 0 Å². The second-order valence-electron chi connectivity index (χ2n) is 4.66. The van der Waals surface area contributed by atoms with E-state index < -0.39 is 5.60 Å². The second kappa shape index (κ2) is 6.66. The molecule has 0 heterocycles. The van der Waals surface area contributed by atoms with Gasteiger partial charge >= 0.3 is 0 Å². The van der Waals surface area contributed by atoms with E-state index >= 15 is 0 Å². The summed E-state index contributed by atoms with van der Waals surface area (Å²) in [5, 5.41) is 13.4. The van der Waals surface area contributed by atoms with Crippen molar-refractivity contribution >= 4 is 0 Å². The minimum atomic E-state index is -0.606. The molecule has 0 saturated carbocycles. The Morgan fingerprint density at radius 3 is 2.56 bits per heavy atom. The molecule has 0 radical (unpaired) electrons. The molecule has 2 heteroatoms. The maximum Gasteiger partial charge on any atom is 0.0746 e. The van der Waals surface area contributed by atoms with Crippen molar-refractivity contribution in [1.82, 2.24) is 5.32 Å². The lowest BCUT2D eigenvalue weighted by atomic mass is 9.97. The largest absolute Gasteiger partial charge is 0.389 e. The van der Waals surface area contributed by atoms with Crippen LogP contribution in [0, 0.1) is 0 Å². The van der Waals surface area contributed by atoms with Crippen LogP contribution < -0.4 is 5.32 Å². The van der Waals surface area contributed by atoms with E-state index in [9.17, 15) is 5.11 Å². The van der Waals surface area contributed by atoms with Gasteiger partial charge in [0, 0.05) is 6.54 Å². The van der Waals surface area contributed by atoms with Crippen molar-refractivity contribution in [3.63, 3.8) is 0 Å². The molecule has 0 spiro atoms. The fourth-order valence-electron chi connectivity index (χ4n) is 1.68. The van der Waals surface area contributed by atoms with Gasteiger partial charge in [0.25, 0.3) is 0 Å². The van der Waals surface area contributed by atoms with Crippen LogP contribution in [0.3, 0.4) is 0 Å². The third kappa shape index (κ3) is 5.29. The summed E-state index contributed by atoms with van der Waals surface area (Å²) in [6.45, 7) is 5.68. The maximum absolute atomic E-state index is 10.1. The molecule has 1 rings (SSSR count). The van der Waals surface area contributed by atoms with Gasteiger partial charge in [0.2, 0.25) is 0 Å². The molecule has 0 saturated heterocycles. The topological polar surface area (TPSA) is 32.3 Å². The average Bonchev–Trinajstić information content (AvgIpc) is 2.28. The zero-order chi connectivity index (χ0) is 11.9. The Hall–Kier alpha value is -0.860. The Balaban J connectivity index is 2.30. The fourth-order valence-corrected chi connectivity index (χ4v) is 1.68. The number of benzene rings is 1. The number of aryl methyl sites for hydroxylation is 1. The fraction of sp³-hybridized carbons (Fsp3) is 0.571. The zero-order valence-corrected chi connectivity index (χ0v) is 10.4. The van der Waals surface area contributed by atoms with E-state index in [4.69, 9.17) is 0 Å². The first-order valence-corrected chi connectivity index (χ1v) is 6.11. The maximum atomic E-state index is 10.1. The number of nitrogens with one attached hydrogen (secondary N) is 1. The van der Waals surface area contributed by atoms with Gasteiger partial charge in [-0.25, -0.2) is 0 Å². The van der Waals surface area contributed by atoms with Gasteiger partial charge in [0.1, 0.15) is 0 Å². The highest BCUT2D eigenvalue weighted by Gasteiger charge is 2.18. The lowest BCUT2D eigenvalue weighted by Gasteiger charge is -2.23. The molecule has 0 aliphatic rings. The minimum Gasteiger partial charge on any atom is -0.389 e. The van der Waals surface area contributed by atoms with Crippen molar-refractivity contribution in [1.29, 1.82) is 0 Å². The highest BCUT2D eigenvalue weighted by Crippen LogP contribution is 2.13. The molecule has 16 heavy (non-hydrogen) atoms. The van der Waals surface area contributed by atoms with E-state index in [2.05, 4.69) is 24.4 Å². The number of rotatable bonds is 7. The molecule has 2 N–H and O–H groups in total. The van der Waals surface area contributed by atoms with E-state index in [0.29, 0.717) is 6.54 Å². The quantitative estimate of drug-likeness (QED) is 0.693. The highest BCUT2D eigenvalue weighted by atomic mass is 16.3. The zero-order valence-electron chi connectivity index (χ0n) is 10.4. The molecule has 0 aliphatic heterocycles. The number of hydrogen-bond acceptors (Lipinski definition) is 2. The van der Waals surface area contributed by atoms with Crippen LogP contribution in [-0.4, -0.2) is 23.8 Å². The Kier molecular flexibility index (Phi) is 5.50. The Morgan fingerprint density at radius 1 is 1.25 bits per heavy atom. The monoisotopic (exact) mass is 221 g/mol. The summed E-state index contributed by atoms with van der Waals surface area (Å²) in [5.74, 6) is 0. The smallest absolute Gasteiger partial charge is 0.0746 e. The van der Waals surface area contributed by atoms with Gasteiger partial charge in [-0.2, -0.15) is 0 Å². The predicted octanol–water partition coefficient (Wildman–Crippen LogP) is 2.37. The van der Waals surface area contributed by atoms with E-state index in [0.717, 1.165) is 25.8 Å². The molecular formula is C14H23NO. The van der Waals surface area contributed by atoms with Gasteiger partial charge in [0.15, 0.2) is 0 Å². The molecular weight excluding hydrogens is 198 g/mol. The van der Waals surface area contributed by atoms with Gasteiger partial charge in [-0.1, -0.05) is 37.3 Å². The first-order chi connectivity index (χ1) is 7.64. The summed E-state index contributed by atoms with van der Waals surface area (Å²) < 4.78 is 0. The Bertz CT molecular complexity index is 282. The molecule has 1 aromatic rings. The van der Waals surface area contributed by atoms with E-state index in [1.54, 1.807) is 0 Å². The number of hydrogen-bond donors (Lipinski definition) is 2. The van der Waals surface area contributed by atoms with Crippen molar-refractivity contribution in [3.05, 3.63) is 35.9 Å². The van der Waals surface area contributed by atoms with E-state index in [1.165, 1.54) is 5.56 Å². The first-order valence-electron chi connectivity index (χ1n) is 6.11. The summed E-state index contributed by atoms with van der Waals surface area (Å²) in [5.41, 5.74) is 0.684. The minimum absolute atomic E-state index is 0.606. The molecule has 90 valence electrons. The summed E-state index contributed by atoms with van der Waals surface area (Å²) >= 11 is 0. The molecule has 1 atom stereocenters. The van der Waals surface area contributed by atoms with Gasteiger partial charge in [-0.3, -0.25) is 0 Å². The van der Waals surface area contributed by atoms with Crippen molar-refractivity contribution < 1.29 is 5.11 Å². The van der Waals surface area contributed by atoms with Gasteiger partial charge in [-0.05, 0) is 38.3 Å². The van der Waals surface area contributed by atoms with Crippen LogP contribution in [0.25, 0.3) is 0 Å². The van der Waals surface area contributed by atoms with Crippen LogP contribution in [-0.2, 0) is 6.42 Å². The molecule has 1 aromatic carbocycles. The van der Waals surface area contributed by atoms with Crippen LogP contribution >= 0.6 is 0 Å². The van der Waals surface area contributed by atoms with Crippen LogP contribution in [0.15, 0.2) is 30.3 Å².